The van der Waals surface area contributed by atoms with Crippen LogP contribution in [-0.2, 0) is 32.5 Å². The van der Waals surface area contributed by atoms with Crippen molar-refractivity contribution in [2.75, 3.05) is 33.2 Å². The number of fused-ring (bicyclic) bond motifs is 2. The first-order chi connectivity index (χ1) is 15.7. The molecule has 1 saturated heterocycles. The largest absolute Gasteiger partial charge is 0.307 e. The number of pyridine rings is 1. The maximum Gasteiger partial charge on any atom is 0.255 e. The fourth-order valence-corrected chi connectivity index (χ4v) is 5.35. The lowest BCUT2D eigenvalue weighted by Crippen LogP contribution is -2.36. The summed E-state index contributed by atoms with van der Waals surface area (Å²) < 4.78 is 4.01. The van der Waals surface area contributed by atoms with Crippen molar-refractivity contribution >= 4 is 10.9 Å². The van der Waals surface area contributed by atoms with Crippen LogP contribution in [0, 0.1) is 0 Å². The number of hydrogen-bond donors (Lipinski definition) is 0. The highest BCUT2D eigenvalue weighted by Gasteiger charge is 2.18. The van der Waals surface area contributed by atoms with Crippen LogP contribution in [0.2, 0.25) is 0 Å². The average molecular weight is 434 g/mol. The van der Waals surface area contributed by atoms with Gasteiger partial charge in [0.2, 0.25) is 0 Å². The van der Waals surface area contributed by atoms with Crippen LogP contribution in [-0.4, -0.2) is 57.4 Å². The van der Waals surface area contributed by atoms with Gasteiger partial charge in [-0.15, -0.1) is 0 Å². The Kier molecular flexibility index (Phi) is 6.42. The Hall–Kier alpha value is -2.44. The van der Waals surface area contributed by atoms with E-state index in [4.69, 9.17) is 0 Å². The maximum atomic E-state index is 13.6. The Bertz CT molecular complexity index is 1110. The topological polar surface area (TPSA) is 46.3 Å². The first-order valence-electron chi connectivity index (χ1n) is 12.2. The molecule has 6 heteroatoms. The fraction of sp³-hybridized carbons (Fsp3) is 0.538. The van der Waals surface area contributed by atoms with E-state index >= 15 is 0 Å². The predicted molar refractivity (Wildman–Crippen MR) is 129 cm³/mol. The van der Waals surface area contributed by atoms with Gasteiger partial charge in [-0.25, -0.2) is 0 Å². The Labute approximate surface area is 190 Å². The smallest absolute Gasteiger partial charge is 0.255 e. The molecule has 1 aromatic carbocycles. The molecule has 0 atom stereocenters. The van der Waals surface area contributed by atoms with Gasteiger partial charge >= 0.3 is 0 Å². The normalized spacial score (nSPS) is 16.8. The van der Waals surface area contributed by atoms with Crippen LogP contribution in [0.25, 0.3) is 10.9 Å². The van der Waals surface area contributed by atoms with Crippen molar-refractivity contribution in [3.63, 3.8) is 0 Å². The second-order valence-electron chi connectivity index (χ2n) is 9.57. The summed E-state index contributed by atoms with van der Waals surface area (Å²) >= 11 is 0. The van der Waals surface area contributed by atoms with E-state index < -0.39 is 0 Å². The van der Waals surface area contributed by atoms with Crippen molar-refractivity contribution in [1.29, 1.82) is 0 Å². The molecule has 0 N–H and O–H groups in total. The van der Waals surface area contributed by atoms with Crippen LogP contribution < -0.4 is 5.56 Å². The average Bonchev–Trinajstić information content (AvgIpc) is 3.49. The molecule has 0 amide bonds. The Morgan fingerprint density at radius 2 is 1.78 bits per heavy atom. The van der Waals surface area contributed by atoms with Crippen LogP contribution in [0.4, 0.5) is 0 Å². The van der Waals surface area contributed by atoms with Crippen LogP contribution in [0.3, 0.4) is 0 Å². The molecule has 0 bridgehead atoms. The third kappa shape index (κ3) is 4.66. The molecule has 0 radical (unpaired) electrons. The third-order valence-electron chi connectivity index (χ3n) is 7.18. The third-order valence-corrected chi connectivity index (χ3v) is 7.18. The molecule has 32 heavy (non-hydrogen) atoms. The molecule has 3 aromatic rings. The minimum Gasteiger partial charge on any atom is -0.307 e. The van der Waals surface area contributed by atoms with Gasteiger partial charge in [-0.3, -0.25) is 9.48 Å². The second-order valence-corrected chi connectivity index (χ2v) is 9.57. The molecule has 0 spiro atoms. The van der Waals surface area contributed by atoms with E-state index in [2.05, 4.69) is 44.7 Å². The number of hydrogen-bond acceptors (Lipinski definition) is 4. The summed E-state index contributed by atoms with van der Waals surface area (Å²) in [6, 6.07) is 8.75. The van der Waals surface area contributed by atoms with Gasteiger partial charge in [-0.2, -0.15) is 5.10 Å². The Morgan fingerprint density at radius 1 is 0.969 bits per heavy atom. The lowest BCUT2D eigenvalue weighted by Gasteiger charge is -2.27. The van der Waals surface area contributed by atoms with E-state index in [1.54, 1.807) is 0 Å². The number of rotatable bonds is 8. The highest BCUT2D eigenvalue weighted by atomic mass is 16.1. The molecular weight excluding hydrogens is 398 g/mol. The van der Waals surface area contributed by atoms with Crippen molar-refractivity contribution in [3.8, 4) is 0 Å². The SMILES string of the molecule is CN(CCn1cccn1)Cc1cc2cc3c(cc2n(CCN2CCCCC2)c1=O)CCC3. The zero-order chi connectivity index (χ0) is 21.9. The van der Waals surface area contributed by atoms with E-state index in [0.717, 1.165) is 63.2 Å². The summed E-state index contributed by atoms with van der Waals surface area (Å²) in [5.41, 5.74) is 5.11. The van der Waals surface area contributed by atoms with Crippen LogP contribution in [0.1, 0.15) is 42.4 Å². The van der Waals surface area contributed by atoms with Crippen molar-refractivity contribution in [2.24, 2.45) is 0 Å². The maximum absolute atomic E-state index is 13.6. The Balaban J connectivity index is 1.42. The zero-order valence-electron chi connectivity index (χ0n) is 19.3. The van der Waals surface area contributed by atoms with Gasteiger partial charge in [0, 0.05) is 44.1 Å². The number of nitrogens with zero attached hydrogens (tertiary/aromatic N) is 5. The van der Waals surface area contributed by atoms with Gasteiger partial charge in [0.1, 0.15) is 0 Å². The van der Waals surface area contributed by atoms with E-state index in [1.807, 2.05) is 23.1 Å². The molecule has 3 heterocycles. The minimum atomic E-state index is 0.179. The molecule has 5 rings (SSSR count). The lowest BCUT2D eigenvalue weighted by molar-refractivity contribution is 0.220. The van der Waals surface area contributed by atoms with E-state index in [9.17, 15) is 4.79 Å². The van der Waals surface area contributed by atoms with E-state index in [1.165, 1.54) is 42.2 Å². The number of likely N-dealkylation sites (tertiary alicyclic amines) is 1. The first kappa shape index (κ1) is 21.4. The summed E-state index contributed by atoms with van der Waals surface area (Å²) in [5, 5.41) is 5.51. The quantitative estimate of drug-likeness (QED) is 0.547. The summed E-state index contributed by atoms with van der Waals surface area (Å²) in [4.78, 5) is 18.4. The second kappa shape index (κ2) is 9.59. The molecule has 1 aliphatic carbocycles. The van der Waals surface area contributed by atoms with Gasteiger partial charge in [-0.05, 0) is 93.0 Å². The summed E-state index contributed by atoms with van der Waals surface area (Å²) in [7, 11) is 2.09. The molecule has 170 valence electrons. The Morgan fingerprint density at radius 3 is 2.56 bits per heavy atom. The van der Waals surface area contributed by atoms with Gasteiger partial charge in [0.05, 0.1) is 12.1 Å². The molecule has 0 saturated carbocycles. The molecule has 0 unspecified atom stereocenters. The number of benzene rings is 1. The fourth-order valence-electron chi connectivity index (χ4n) is 5.35. The highest BCUT2D eigenvalue weighted by molar-refractivity contribution is 5.82. The van der Waals surface area contributed by atoms with E-state index in [-0.39, 0.29) is 5.56 Å². The van der Waals surface area contributed by atoms with E-state index in [0.29, 0.717) is 6.54 Å². The highest BCUT2D eigenvalue weighted by Crippen LogP contribution is 2.27. The molecule has 2 aromatic heterocycles. The van der Waals surface area contributed by atoms with Crippen molar-refractivity contribution in [3.05, 3.63) is 63.7 Å². The summed E-state index contributed by atoms with van der Waals surface area (Å²) in [5.74, 6) is 0. The standard InChI is InChI=1S/C26H35N5O/c1-28(13-15-30-12-6-9-27-30)20-24-18-23-17-21-7-5-8-22(21)19-25(23)31(26(24)32)16-14-29-10-3-2-4-11-29/h6,9,12,17-19H,2-5,7-8,10-11,13-16,20H2,1H3. The molecule has 1 aliphatic heterocycles. The number of likely N-dealkylation sites (N-methyl/N-ethyl adjacent to an activating group) is 1. The van der Waals surface area contributed by atoms with Gasteiger partial charge in [0.25, 0.3) is 5.56 Å². The van der Waals surface area contributed by atoms with Crippen molar-refractivity contribution in [2.45, 2.75) is 58.2 Å². The van der Waals surface area contributed by atoms with Gasteiger partial charge < -0.3 is 14.4 Å². The number of aromatic nitrogens is 3. The van der Waals surface area contributed by atoms with Crippen molar-refractivity contribution < 1.29 is 0 Å². The van der Waals surface area contributed by atoms with Crippen molar-refractivity contribution in [1.82, 2.24) is 24.1 Å². The lowest BCUT2D eigenvalue weighted by atomic mass is 10.0. The van der Waals surface area contributed by atoms with Crippen LogP contribution in [0.15, 0.2) is 41.5 Å². The molecule has 6 nitrogen and oxygen atoms in total. The van der Waals surface area contributed by atoms with Crippen LogP contribution >= 0.6 is 0 Å². The monoisotopic (exact) mass is 433 g/mol. The summed E-state index contributed by atoms with van der Waals surface area (Å²) in [6.07, 6.45) is 11.2. The minimum absolute atomic E-state index is 0.179. The summed E-state index contributed by atoms with van der Waals surface area (Å²) in [6.45, 7) is 6.42. The number of piperidine rings is 1. The van der Waals surface area contributed by atoms with Gasteiger partial charge in [-0.1, -0.05) is 6.42 Å². The molecular formula is C26H35N5O. The zero-order valence-corrected chi connectivity index (χ0v) is 19.3. The van der Waals surface area contributed by atoms with Crippen LogP contribution in [0.5, 0.6) is 0 Å². The molecule has 1 fully saturated rings. The predicted octanol–water partition coefficient (Wildman–Crippen LogP) is 3.30. The molecule has 2 aliphatic rings. The number of aryl methyl sites for hydroxylation is 2. The van der Waals surface area contributed by atoms with Gasteiger partial charge in [0.15, 0.2) is 0 Å². The first-order valence-corrected chi connectivity index (χ1v) is 12.2.